The lowest BCUT2D eigenvalue weighted by Crippen LogP contribution is -2.49. The van der Waals surface area contributed by atoms with Gasteiger partial charge in [0.1, 0.15) is 12.7 Å². The van der Waals surface area contributed by atoms with Gasteiger partial charge in [0.15, 0.2) is 11.6 Å². The van der Waals surface area contributed by atoms with E-state index in [1.807, 2.05) is 0 Å². The van der Waals surface area contributed by atoms with Crippen molar-refractivity contribution in [1.82, 2.24) is 5.32 Å². The van der Waals surface area contributed by atoms with Gasteiger partial charge in [0.05, 0.1) is 0 Å². The molecule has 0 unspecified atom stereocenters. The van der Waals surface area contributed by atoms with E-state index in [-0.39, 0.29) is 42.4 Å². The van der Waals surface area contributed by atoms with Crippen molar-refractivity contribution in [3.8, 4) is 5.75 Å². The molecule has 192 valence electrons. The number of fused-ring (bicyclic) bond motifs is 1. The molecule has 8 heteroatoms. The Hall–Kier alpha value is -2.48. The number of carboxylic acid groups (broad SMARTS) is 1. The molecular formula is C27H34ClF2NO4. The number of nitrogens with one attached hydrogen (secondary N) is 1. The molecule has 1 aliphatic rings. The number of rotatable bonds is 12. The van der Waals surface area contributed by atoms with E-state index in [0.29, 0.717) is 5.92 Å². The summed E-state index contributed by atoms with van der Waals surface area (Å²) in [5, 5.41) is 22.7. The van der Waals surface area contributed by atoms with E-state index in [4.69, 9.17) is 9.84 Å². The number of carboxylic acids is 1. The fraction of sp³-hybridized carbons (Fsp3) is 0.444. The number of aliphatic hydroxyl groups is 1. The number of ether oxygens (including phenoxy) is 1. The summed E-state index contributed by atoms with van der Waals surface area (Å²) in [7, 11) is 0. The van der Waals surface area contributed by atoms with E-state index >= 15 is 0 Å². The van der Waals surface area contributed by atoms with Crippen LogP contribution in [0.1, 0.15) is 49.8 Å². The van der Waals surface area contributed by atoms with Gasteiger partial charge in [0.25, 0.3) is 0 Å². The SMILES string of the molecule is CCC(CC)(CC1Cc2ccccc2C1)NC[C@@H](O)COc1cc(/C=C/C(=O)O)cc(F)c1F.Cl. The summed E-state index contributed by atoms with van der Waals surface area (Å²) in [6.07, 6.45) is 5.95. The van der Waals surface area contributed by atoms with Crippen LogP contribution in [0.4, 0.5) is 8.78 Å². The molecule has 1 aliphatic carbocycles. The van der Waals surface area contributed by atoms with Crippen LogP contribution in [0.3, 0.4) is 0 Å². The minimum Gasteiger partial charge on any atom is -0.488 e. The van der Waals surface area contributed by atoms with Gasteiger partial charge in [-0.15, -0.1) is 12.4 Å². The van der Waals surface area contributed by atoms with Crippen LogP contribution in [0.5, 0.6) is 5.75 Å². The first-order valence-corrected chi connectivity index (χ1v) is 11.8. The molecule has 0 fully saturated rings. The zero-order chi connectivity index (χ0) is 24.7. The Morgan fingerprint density at radius 3 is 2.40 bits per heavy atom. The summed E-state index contributed by atoms with van der Waals surface area (Å²) in [4.78, 5) is 10.7. The molecule has 2 aromatic carbocycles. The highest BCUT2D eigenvalue weighted by Gasteiger charge is 2.32. The quantitative estimate of drug-likeness (QED) is 0.344. The van der Waals surface area contributed by atoms with Crippen molar-refractivity contribution >= 4 is 24.5 Å². The first-order chi connectivity index (χ1) is 16.2. The fourth-order valence-corrected chi connectivity index (χ4v) is 4.74. The van der Waals surface area contributed by atoms with Crippen LogP contribution in [0.2, 0.25) is 0 Å². The smallest absolute Gasteiger partial charge is 0.328 e. The second-order valence-electron chi connectivity index (χ2n) is 9.07. The molecule has 0 saturated heterocycles. The van der Waals surface area contributed by atoms with Crippen molar-refractivity contribution in [3.63, 3.8) is 0 Å². The predicted octanol–water partition coefficient (Wildman–Crippen LogP) is 5.18. The van der Waals surface area contributed by atoms with Gasteiger partial charge in [0, 0.05) is 18.2 Å². The molecule has 2 aromatic rings. The zero-order valence-corrected chi connectivity index (χ0v) is 20.9. The van der Waals surface area contributed by atoms with Gasteiger partial charge >= 0.3 is 5.97 Å². The molecule has 35 heavy (non-hydrogen) atoms. The largest absolute Gasteiger partial charge is 0.488 e. The van der Waals surface area contributed by atoms with Gasteiger partial charge in [-0.1, -0.05) is 38.1 Å². The van der Waals surface area contributed by atoms with Crippen LogP contribution < -0.4 is 10.1 Å². The average Bonchev–Trinajstić information content (AvgIpc) is 3.23. The Bertz CT molecular complexity index is 1000. The number of β-amino-alcohol motifs (C(OH)–C–C–N with tert-alkyl or cyclic N) is 1. The first kappa shape index (κ1) is 28.8. The second kappa shape index (κ2) is 13.0. The molecule has 0 saturated carbocycles. The third-order valence-corrected chi connectivity index (χ3v) is 6.75. The molecule has 0 radical (unpaired) electrons. The Kier molecular flexibility index (Phi) is 10.7. The minimum atomic E-state index is -1.20. The highest BCUT2D eigenvalue weighted by Crippen LogP contribution is 2.34. The number of carbonyl (C=O) groups is 1. The van der Waals surface area contributed by atoms with E-state index in [2.05, 4.69) is 43.4 Å². The molecule has 1 atom stereocenters. The summed E-state index contributed by atoms with van der Waals surface area (Å²) in [5.74, 6) is -3.36. The lowest BCUT2D eigenvalue weighted by Gasteiger charge is -2.36. The molecule has 3 rings (SSSR count). The normalized spacial score (nSPS) is 14.5. The standard InChI is InChI=1S/C27H33F2NO4.ClH/c1-3-27(4-2,15-19-11-20-7-5-6-8-21(20)12-19)30-16-22(31)17-34-24-14-18(9-10-25(32)33)13-23(28)26(24)29;/h5-10,13-14,19,22,30-31H,3-4,11-12,15-17H2,1-2H3,(H,32,33);1H/b10-9+;/t22-;/m1./s1. The van der Waals surface area contributed by atoms with Crippen molar-refractivity contribution in [1.29, 1.82) is 0 Å². The number of aliphatic carboxylic acids is 1. The Morgan fingerprint density at radius 2 is 1.83 bits per heavy atom. The lowest BCUT2D eigenvalue weighted by molar-refractivity contribution is -0.131. The summed E-state index contributed by atoms with van der Waals surface area (Å²) >= 11 is 0. The highest BCUT2D eigenvalue weighted by atomic mass is 35.5. The molecule has 5 nitrogen and oxygen atoms in total. The number of benzene rings is 2. The van der Waals surface area contributed by atoms with E-state index < -0.39 is 23.7 Å². The number of halogens is 3. The molecule has 0 heterocycles. The van der Waals surface area contributed by atoms with E-state index in [1.54, 1.807) is 0 Å². The lowest BCUT2D eigenvalue weighted by atomic mass is 9.81. The molecule has 0 bridgehead atoms. The Labute approximate surface area is 211 Å². The molecule has 0 aromatic heterocycles. The maximum atomic E-state index is 14.1. The maximum absolute atomic E-state index is 14.1. The van der Waals surface area contributed by atoms with Gasteiger partial charge in [-0.25, -0.2) is 9.18 Å². The number of hydrogen-bond acceptors (Lipinski definition) is 4. The number of hydrogen-bond donors (Lipinski definition) is 3. The van der Waals surface area contributed by atoms with Gasteiger partial charge in [-0.3, -0.25) is 0 Å². The molecule has 0 spiro atoms. The average molecular weight is 510 g/mol. The zero-order valence-electron chi connectivity index (χ0n) is 20.1. The minimum absolute atomic E-state index is 0. The van der Waals surface area contributed by atoms with Gasteiger partial charge < -0.3 is 20.3 Å². The van der Waals surface area contributed by atoms with Crippen LogP contribution >= 0.6 is 12.4 Å². The first-order valence-electron chi connectivity index (χ1n) is 11.8. The van der Waals surface area contributed by atoms with Crippen molar-refractivity contribution in [3.05, 3.63) is 70.8 Å². The van der Waals surface area contributed by atoms with Gasteiger partial charge in [-0.2, -0.15) is 4.39 Å². The third kappa shape index (κ3) is 7.75. The van der Waals surface area contributed by atoms with E-state index in [9.17, 15) is 18.7 Å². The van der Waals surface area contributed by atoms with Crippen LogP contribution in [0, 0.1) is 17.6 Å². The number of aliphatic hydroxyl groups excluding tert-OH is 1. The Morgan fingerprint density at radius 1 is 1.20 bits per heavy atom. The molecule has 3 N–H and O–H groups in total. The van der Waals surface area contributed by atoms with Gasteiger partial charge in [-0.05, 0) is 72.9 Å². The highest BCUT2D eigenvalue weighted by molar-refractivity contribution is 5.85. The summed E-state index contributed by atoms with van der Waals surface area (Å²) < 4.78 is 33.3. The van der Waals surface area contributed by atoms with Crippen molar-refractivity contribution in [2.24, 2.45) is 5.92 Å². The van der Waals surface area contributed by atoms with Crippen LogP contribution in [0.15, 0.2) is 42.5 Å². The van der Waals surface area contributed by atoms with E-state index in [0.717, 1.165) is 50.3 Å². The molecule has 0 amide bonds. The summed E-state index contributed by atoms with van der Waals surface area (Å²) in [5.41, 5.74) is 2.85. The monoisotopic (exact) mass is 509 g/mol. The summed E-state index contributed by atoms with van der Waals surface area (Å²) in [6, 6.07) is 10.6. The van der Waals surface area contributed by atoms with Crippen LogP contribution in [-0.4, -0.2) is 41.0 Å². The maximum Gasteiger partial charge on any atom is 0.328 e. The Balaban J connectivity index is 0.00000432. The fourth-order valence-electron chi connectivity index (χ4n) is 4.74. The predicted molar refractivity (Wildman–Crippen MR) is 135 cm³/mol. The van der Waals surface area contributed by atoms with Crippen LogP contribution in [0.25, 0.3) is 6.08 Å². The van der Waals surface area contributed by atoms with Crippen LogP contribution in [-0.2, 0) is 17.6 Å². The summed E-state index contributed by atoms with van der Waals surface area (Å²) in [6.45, 7) is 4.30. The van der Waals surface area contributed by atoms with Crippen molar-refractivity contribution in [2.75, 3.05) is 13.2 Å². The molecule has 0 aliphatic heterocycles. The van der Waals surface area contributed by atoms with E-state index in [1.165, 1.54) is 17.2 Å². The topological polar surface area (TPSA) is 78.8 Å². The van der Waals surface area contributed by atoms with Crippen molar-refractivity contribution < 1.29 is 28.5 Å². The third-order valence-electron chi connectivity index (χ3n) is 6.75. The molecular weight excluding hydrogens is 476 g/mol. The van der Waals surface area contributed by atoms with Gasteiger partial charge in [0.2, 0.25) is 5.82 Å². The second-order valence-corrected chi connectivity index (χ2v) is 9.07. The van der Waals surface area contributed by atoms with Crippen molar-refractivity contribution in [2.45, 2.75) is 57.6 Å².